The fourth-order valence-corrected chi connectivity index (χ4v) is 6.48. The molecule has 0 amide bonds. The number of hydrogen-bond acceptors (Lipinski definition) is 4. The molecule has 0 spiro atoms. The van der Waals surface area contributed by atoms with Crippen molar-refractivity contribution in [2.45, 2.75) is 259 Å². The molecule has 0 aliphatic rings. The Balaban J connectivity index is -0.000000216. The van der Waals surface area contributed by atoms with E-state index in [-0.39, 0.29) is 96.8 Å². The molecule has 0 bridgehead atoms. The summed E-state index contributed by atoms with van der Waals surface area (Å²) in [5.41, 5.74) is 0. The van der Waals surface area contributed by atoms with E-state index in [1.54, 1.807) is 0 Å². The van der Waals surface area contributed by atoms with Crippen molar-refractivity contribution in [2.75, 3.05) is 32.8 Å². The van der Waals surface area contributed by atoms with E-state index in [2.05, 4.69) is 45.9 Å². The Morgan fingerprint density at radius 3 is 1.26 bits per heavy atom. The monoisotopic (exact) mass is 853 g/mol. The van der Waals surface area contributed by atoms with Crippen LogP contribution in [0.15, 0.2) is 0 Å². The van der Waals surface area contributed by atoms with Gasteiger partial charge in [-0.25, -0.2) is 0 Å². The molecule has 0 aliphatic heterocycles. The maximum Gasteiger partial charge on any atom is 1.00 e. The van der Waals surface area contributed by atoms with Gasteiger partial charge in [-0.05, 0) is 64.6 Å². The molecular formula is C47H98KNO3Y-2. The molecule has 6 heteroatoms. The van der Waals surface area contributed by atoms with Gasteiger partial charge in [0.2, 0.25) is 0 Å². The molecule has 0 rings (SSSR count). The molecule has 1 unspecified atom stereocenters. The van der Waals surface area contributed by atoms with Crippen LogP contribution in [0.25, 0.3) is 0 Å². The van der Waals surface area contributed by atoms with Gasteiger partial charge in [0.15, 0.2) is 0 Å². The van der Waals surface area contributed by atoms with E-state index in [1.165, 1.54) is 193 Å². The van der Waals surface area contributed by atoms with Crippen molar-refractivity contribution < 1.29 is 99.4 Å². The van der Waals surface area contributed by atoms with E-state index in [1.807, 2.05) is 0 Å². The van der Waals surface area contributed by atoms with Gasteiger partial charge < -0.3 is 33.6 Å². The van der Waals surface area contributed by atoms with Crippen molar-refractivity contribution in [3.05, 3.63) is 13.3 Å². The van der Waals surface area contributed by atoms with Crippen LogP contribution in [0.4, 0.5) is 0 Å². The van der Waals surface area contributed by atoms with Crippen LogP contribution >= 0.6 is 0 Å². The summed E-state index contributed by atoms with van der Waals surface area (Å²) in [6, 6.07) is 0. The van der Waals surface area contributed by atoms with Crippen LogP contribution in [0.1, 0.15) is 252 Å². The topological polar surface area (TPSA) is 66.8 Å². The van der Waals surface area contributed by atoms with Gasteiger partial charge in [0, 0.05) is 39.3 Å². The number of nitrogens with zero attached hydrogens (tertiary/aromatic N) is 1. The zero-order valence-electron chi connectivity index (χ0n) is 37.5. The molecule has 0 saturated heterocycles. The quantitative estimate of drug-likeness (QED) is 0.0366. The van der Waals surface area contributed by atoms with Crippen LogP contribution in [0.2, 0.25) is 0 Å². The molecule has 0 aromatic rings. The van der Waals surface area contributed by atoms with Gasteiger partial charge in [-0.3, -0.25) is 0 Å². The molecule has 1 radical (unpaired) electrons. The van der Waals surface area contributed by atoms with E-state index in [0.717, 1.165) is 51.5 Å². The van der Waals surface area contributed by atoms with Gasteiger partial charge in [-0.2, -0.15) is 19.3 Å². The summed E-state index contributed by atoms with van der Waals surface area (Å²) < 4.78 is 0. The number of unbranched alkanes of at least 4 members (excludes halogenated alkanes) is 28. The fraction of sp³-hybridized carbons (Fsp3) is 0.957. The molecule has 53 heavy (non-hydrogen) atoms. The average Bonchev–Trinajstić information content (AvgIpc) is 3.14. The smallest absolute Gasteiger partial charge is 0.854 e. The van der Waals surface area contributed by atoms with Crippen molar-refractivity contribution in [3.63, 3.8) is 0 Å². The van der Waals surface area contributed by atoms with Crippen LogP contribution < -0.4 is 56.5 Å². The third-order valence-electron chi connectivity index (χ3n) is 10.0. The zero-order valence-corrected chi connectivity index (χ0v) is 43.4. The minimum Gasteiger partial charge on any atom is -0.854 e. The minimum atomic E-state index is -0.0250. The third kappa shape index (κ3) is 66.7. The molecule has 0 aromatic carbocycles. The Hall–Kier alpha value is 2.58. The van der Waals surface area contributed by atoms with E-state index in [9.17, 15) is 10.2 Å². The molecule has 0 saturated carbocycles. The van der Waals surface area contributed by atoms with E-state index < -0.39 is 0 Å². The average molecular weight is 853 g/mol. The van der Waals surface area contributed by atoms with Crippen LogP contribution in [-0.4, -0.2) is 54.1 Å². The maximum atomic E-state index is 10.4. The predicted molar refractivity (Wildman–Crippen MR) is 228 cm³/mol. The minimum absolute atomic E-state index is 0. The number of rotatable bonds is 40. The molecule has 315 valence electrons. The standard InChI is InChI=1S/C17H35NO2.C15H32O.C15H31.K.Y/c1-2-3-4-8-13-18(15-10-7-12-17-20)14-9-5-6-11-16-19;1-3-5-7-9-10-12-14-15(16)13-11-8-6-4-2;1-3-5-7-9-11-13-15-14-12-10-8-6-4-2;;/h20H,1-17H2;15-16H,3-14H2,1-2H3;13H,3-12,14-15H2,1-2H3;;/q-2;;-1;+1;. The second kappa shape index (κ2) is 63.7. The summed E-state index contributed by atoms with van der Waals surface area (Å²) in [6.45, 7) is 16.8. The van der Waals surface area contributed by atoms with E-state index >= 15 is 0 Å². The second-order valence-electron chi connectivity index (χ2n) is 15.4. The summed E-state index contributed by atoms with van der Waals surface area (Å²) in [4.78, 5) is 2.57. The first-order valence-corrected chi connectivity index (χ1v) is 23.3. The van der Waals surface area contributed by atoms with Gasteiger partial charge in [-0.15, -0.1) is 6.61 Å². The zero-order chi connectivity index (χ0) is 38.1. The van der Waals surface area contributed by atoms with Gasteiger partial charge in [0.1, 0.15) is 0 Å². The first-order valence-electron chi connectivity index (χ1n) is 23.3. The molecule has 0 heterocycles. The third-order valence-corrected chi connectivity index (χ3v) is 10.0. The summed E-state index contributed by atoms with van der Waals surface area (Å²) >= 11 is 0. The fourth-order valence-electron chi connectivity index (χ4n) is 6.48. The molecule has 0 fully saturated rings. The summed E-state index contributed by atoms with van der Waals surface area (Å²) in [5.74, 6) is 0. The summed E-state index contributed by atoms with van der Waals surface area (Å²) in [7, 11) is 0. The van der Waals surface area contributed by atoms with Crippen LogP contribution in [0, 0.1) is 13.3 Å². The normalized spacial score (nSPS) is 11.3. The van der Waals surface area contributed by atoms with E-state index in [4.69, 9.17) is 5.11 Å². The number of aliphatic hydroxyl groups excluding tert-OH is 2. The maximum absolute atomic E-state index is 10.4. The van der Waals surface area contributed by atoms with Crippen LogP contribution in [0.3, 0.4) is 0 Å². The van der Waals surface area contributed by atoms with Crippen molar-refractivity contribution in [1.82, 2.24) is 4.90 Å². The Bertz CT molecular complexity index is 536. The molecule has 0 aromatic heterocycles. The first kappa shape index (κ1) is 64.7. The van der Waals surface area contributed by atoms with Crippen LogP contribution in [-0.2, 0) is 32.7 Å². The molecule has 0 aliphatic carbocycles. The Kier molecular flexibility index (Phi) is 77.8. The molecule has 1 atom stereocenters. The van der Waals surface area contributed by atoms with Crippen molar-refractivity contribution in [1.29, 1.82) is 0 Å². The first-order chi connectivity index (χ1) is 25.1. The van der Waals surface area contributed by atoms with Gasteiger partial charge in [0.05, 0.1) is 6.10 Å². The summed E-state index contributed by atoms with van der Waals surface area (Å²) in [5, 5.41) is 29.0. The van der Waals surface area contributed by atoms with Crippen LogP contribution in [0.5, 0.6) is 0 Å². The molecular weight excluding hydrogens is 755 g/mol. The SMILES string of the molecule is CCCCCCCCC(O)CCCCCC.CCCCCC[CH-]CCCCCCCC.[CH2-]CCCCCN(CCCCCO)CCCCCC[O-].[K+].[Y]. The Morgan fingerprint density at radius 2 is 0.830 bits per heavy atom. The predicted octanol–water partition coefficient (Wildman–Crippen LogP) is 10.7. The van der Waals surface area contributed by atoms with E-state index in [0.29, 0.717) is 6.61 Å². The van der Waals surface area contributed by atoms with Crippen molar-refractivity contribution in [2.24, 2.45) is 0 Å². The Morgan fingerprint density at radius 1 is 0.491 bits per heavy atom. The summed E-state index contributed by atoms with van der Waals surface area (Å²) in [6.07, 6.45) is 47.0. The molecule has 4 nitrogen and oxygen atoms in total. The largest absolute Gasteiger partial charge is 1.00 e. The number of aliphatic hydroxyl groups is 2. The number of hydrogen-bond donors (Lipinski definition) is 2. The van der Waals surface area contributed by atoms with Crippen molar-refractivity contribution >= 4 is 0 Å². The van der Waals surface area contributed by atoms with Crippen molar-refractivity contribution in [3.8, 4) is 0 Å². The second-order valence-corrected chi connectivity index (χ2v) is 15.4. The molecule has 2 N–H and O–H groups in total. The Labute approximate surface area is 404 Å². The van der Waals surface area contributed by atoms with Gasteiger partial charge >= 0.3 is 51.4 Å². The van der Waals surface area contributed by atoms with Gasteiger partial charge in [-0.1, -0.05) is 188 Å². The van der Waals surface area contributed by atoms with Gasteiger partial charge in [0.25, 0.3) is 0 Å².